The molecule has 1 aromatic heterocycles. The van der Waals surface area contributed by atoms with Crippen LogP contribution in [0, 0.1) is 5.41 Å². The molecule has 1 aliphatic rings. The molecule has 2 N–H and O–H groups in total. The van der Waals surface area contributed by atoms with Gasteiger partial charge in [-0.25, -0.2) is 0 Å². The van der Waals surface area contributed by atoms with Gasteiger partial charge in [-0.1, -0.05) is 19.3 Å². The highest BCUT2D eigenvalue weighted by Crippen LogP contribution is 2.36. The standard InChI is InChI=1S/C13H16BrNO4/c14-10-6-9(7-19-10)11(16)15-8-13(12(17)18)4-2-1-3-5-13/h6-7H,1-5,8H2,(H,15,16)(H,17,18). The lowest BCUT2D eigenvalue weighted by Crippen LogP contribution is -2.44. The van der Waals surface area contributed by atoms with E-state index in [-0.39, 0.29) is 12.5 Å². The van der Waals surface area contributed by atoms with Crippen molar-refractivity contribution >= 4 is 27.8 Å². The first-order valence-corrected chi connectivity index (χ1v) is 7.08. The quantitative estimate of drug-likeness (QED) is 0.890. The molecule has 0 aliphatic heterocycles. The molecule has 0 unspecified atom stereocenters. The van der Waals surface area contributed by atoms with Gasteiger partial charge in [0.15, 0.2) is 4.67 Å². The van der Waals surface area contributed by atoms with Crippen LogP contribution in [-0.4, -0.2) is 23.5 Å². The number of nitrogens with one attached hydrogen (secondary N) is 1. The average Bonchev–Trinajstić information content (AvgIpc) is 2.83. The van der Waals surface area contributed by atoms with Crippen molar-refractivity contribution in [3.63, 3.8) is 0 Å². The summed E-state index contributed by atoms with van der Waals surface area (Å²) in [5.41, 5.74) is -0.419. The van der Waals surface area contributed by atoms with E-state index in [1.54, 1.807) is 6.07 Å². The molecule has 0 aromatic carbocycles. The number of hydrogen-bond acceptors (Lipinski definition) is 3. The van der Waals surface area contributed by atoms with E-state index < -0.39 is 11.4 Å². The normalized spacial score (nSPS) is 17.9. The van der Waals surface area contributed by atoms with Gasteiger partial charge in [-0.15, -0.1) is 0 Å². The van der Waals surface area contributed by atoms with Crippen molar-refractivity contribution in [1.29, 1.82) is 0 Å². The molecular weight excluding hydrogens is 314 g/mol. The molecule has 5 nitrogen and oxygen atoms in total. The number of carbonyl (C=O) groups is 2. The highest BCUT2D eigenvalue weighted by atomic mass is 79.9. The zero-order valence-electron chi connectivity index (χ0n) is 10.4. The van der Waals surface area contributed by atoms with Gasteiger partial charge in [0.25, 0.3) is 5.91 Å². The lowest BCUT2D eigenvalue weighted by Gasteiger charge is -2.33. The number of halogens is 1. The van der Waals surface area contributed by atoms with Crippen molar-refractivity contribution < 1.29 is 19.1 Å². The van der Waals surface area contributed by atoms with Crippen LogP contribution in [0.25, 0.3) is 0 Å². The van der Waals surface area contributed by atoms with Gasteiger partial charge in [-0.2, -0.15) is 0 Å². The summed E-state index contributed by atoms with van der Waals surface area (Å²) in [6.07, 6.45) is 5.46. The first-order valence-electron chi connectivity index (χ1n) is 6.29. The van der Waals surface area contributed by atoms with Crippen LogP contribution in [0.5, 0.6) is 0 Å². The van der Waals surface area contributed by atoms with Crippen molar-refractivity contribution in [2.75, 3.05) is 6.54 Å². The number of aliphatic carboxylic acids is 1. The Labute approximate surface area is 119 Å². The molecule has 1 saturated carbocycles. The predicted molar refractivity (Wildman–Crippen MR) is 71.9 cm³/mol. The van der Waals surface area contributed by atoms with Crippen LogP contribution in [0.2, 0.25) is 0 Å². The van der Waals surface area contributed by atoms with Crippen LogP contribution >= 0.6 is 15.9 Å². The van der Waals surface area contributed by atoms with Gasteiger partial charge in [-0.3, -0.25) is 9.59 Å². The van der Waals surface area contributed by atoms with E-state index in [1.807, 2.05) is 0 Å². The van der Waals surface area contributed by atoms with Crippen molar-refractivity contribution in [2.24, 2.45) is 5.41 Å². The molecule has 1 aliphatic carbocycles. The molecule has 1 amide bonds. The minimum atomic E-state index is -0.819. The number of carboxylic acids is 1. The Morgan fingerprint density at radius 3 is 2.58 bits per heavy atom. The molecule has 0 bridgehead atoms. The minimum absolute atomic E-state index is 0.171. The van der Waals surface area contributed by atoms with E-state index in [0.717, 1.165) is 19.3 Å². The second-order valence-electron chi connectivity index (χ2n) is 4.97. The van der Waals surface area contributed by atoms with E-state index in [0.29, 0.717) is 23.1 Å². The van der Waals surface area contributed by atoms with Crippen LogP contribution in [0.3, 0.4) is 0 Å². The van der Waals surface area contributed by atoms with Crippen LogP contribution in [0.4, 0.5) is 0 Å². The summed E-state index contributed by atoms with van der Waals surface area (Å²) in [7, 11) is 0. The molecule has 1 fully saturated rings. The third kappa shape index (κ3) is 3.18. The third-order valence-electron chi connectivity index (χ3n) is 3.68. The molecule has 0 saturated heterocycles. The molecule has 104 valence electrons. The highest BCUT2D eigenvalue weighted by Gasteiger charge is 2.39. The van der Waals surface area contributed by atoms with Gasteiger partial charge in [0.05, 0.1) is 11.0 Å². The van der Waals surface area contributed by atoms with E-state index >= 15 is 0 Å². The van der Waals surface area contributed by atoms with Crippen molar-refractivity contribution in [3.05, 3.63) is 22.6 Å². The maximum absolute atomic E-state index is 11.9. The van der Waals surface area contributed by atoms with Gasteiger partial charge < -0.3 is 14.8 Å². The second kappa shape index (κ2) is 5.77. The van der Waals surface area contributed by atoms with Crippen LogP contribution < -0.4 is 5.32 Å². The Bertz CT molecular complexity index is 477. The summed E-state index contributed by atoms with van der Waals surface area (Å²) < 4.78 is 5.46. The fraction of sp³-hybridized carbons (Fsp3) is 0.538. The van der Waals surface area contributed by atoms with Crippen molar-refractivity contribution in [3.8, 4) is 0 Å². The molecule has 1 heterocycles. The SMILES string of the molecule is O=C(NCC1(C(=O)O)CCCCC1)c1coc(Br)c1. The Morgan fingerprint density at radius 2 is 2.05 bits per heavy atom. The smallest absolute Gasteiger partial charge is 0.311 e. The number of rotatable bonds is 4. The van der Waals surface area contributed by atoms with Crippen LogP contribution in [-0.2, 0) is 4.79 Å². The van der Waals surface area contributed by atoms with Gasteiger partial charge in [0.2, 0.25) is 0 Å². The minimum Gasteiger partial charge on any atom is -0.481 e. The summed E-state index contributed by atoms with van der Waals surface area (Å²) >= 11 is 3.12. The summed E-state index contributed by atoms with van der Waals surface area (Å²) in [6.45, 7) is 0.171. The Balaban J connectivity index is 1.99. The Morgan fingerprint density at radius 1 is 1.37 bits per heavy atom. The van der Waals surface area contributed by atoms with E-state index in [9.17, 15) is 14.7 Å². The molecule has 6 heteroatoms. The summed E-state index contributed by atoms with van der Waals surface area (Å²) in [4.78, 5) is 23.3. The number of hydrogen-bond donors (Lipinski definition) is 2. The Kier molecular flexibility index (Phi) is 4.29. The van der Waals surface area contributed by atoms with Gasteiger partial charge in [0.1, 0.15) is 6.26 Å². The first kappa shape index (κ1) is 14.1. The lowest BCUT2D eigenvalue weighted by atomic mass is 9.74. The molecule has 2 rings (SSSR count). The number of amides is 1. The van der Waals surface area contributed by atoms with Gasteiger partial charge in [-0.05, 0) is 28.8 Å². The largest absolute Gasteiger partial charge is 0.481 e. The molecule has 1 aromatic rings. The summed E-state index contributed by atoms with van der Waals surface area (Å²) in [5, 5.41) is 12.1. The van der Waals surface area contributed by atoms with Crippen molar-refractivity contribution in [1.82, 2.24) is 5.32 Å². The average molecular weight is 330 g/mol. The first-order chi connectivity index (χ1) is 9.03. The second-order valence-corrected chi connectivity index (χ2v) is 5.75. The molecule has 19 heavy (non-hydrogen) atoms. The third-order valence-corrected chi connectivity index (χ3v) is 4.10. The van der Waals surface area contributed by atoms with E-state index in [4.69, 9.17) is 4.42 Å². The van der Waals surface area contributed by atoms with Crippen LogP contribution in [0.15, 0.2) is 21.4 Å². The highest BCUT2D eigenvalue weighted by molar-refractivity contribution is 9.10. The zero-order valence-corrected chi connectivity index (χ0v) is 12.0. The fourth-order valence-corrected chi connectivity index (χ4v) is 2.82. The number of furan rings is 1. The van der Waals surface area contributed by atoms with E-state index in [2.05, 4.69) is 21.2 Å². The van der Waals surface area contributed by atoms with Gasteiger partial charge in [0, 0.05) is 12.6 Å². The fourth-order valence-electron chi connectivity index (χ4n) is 2.48. The monoisotopic (exact) mass is 329 g/mol. The van der Waals surface area contributed by atoms with Gasteiger partial charge >= 0.3 is 5.97 Å². The predicted octanol–water partition coefficient (Wildman–Crippen LogP) is 2.81. The molecule has 0 spiro atoms. The molecular formula is C13H16BrNO4. The Hall–Kier alpha value is -1.30. The number of carbonyl (C=O) groups excluding carboxylic acids is 1. The lowest BCUT2D eigenvalue weighted by molar-refractivity contribution is -0.150. The molecule has 0 radical (unpaired) electrons. The van der Waals surface area contributed by atoms with Crippen LogP contribution in [0.1, 0.15) is 42.5 Å². The maximum atomic E-state index is 11.9. The topological polar surface area (TPSA) is 79.5 Å². The maximum Gasteiger partial charge on any atom is 0.311 e. The van der Waals surface area contributed by atoms with E-state index in [1.165, 1.54) is 6.26 Å². The summed E-state index contributed by atoms with van der Waals surface area (Å²) in [6, 6.07) is 1.56. The molecule has 0 atom stereocenters. The zero-order chi connectivity index (χ0) is 13.9. The van der Waals surface area contributed by atoms with Crippen molar-refractivity contribution in [2.45, 2.75) is 32.1 Å². The summed E-state index contributed by atoms with van der Waals surface area (Å²) in [5.74, 6) is -1.12. The number of carboxylic acid groups (broad SMARTS) is 1.